The second-order valence-electron chi connectivity index (χ2n) is 6.53. The van der Waals surface area contributed by atoms with Crippen molar-refractivity contribution >= 4 is 29.2 Å². The first-order valence-corrected chi connectivity index (χ1v) is 8.11. The van der Waals surface area contributed by atoms with Gasteiger partial charge in [-0.25, -0.2) is 9.59 Å². The van der Waals surface area contributed by atoms with Crippen LogP contribution in [0.3, 0.4) is 0 Å². The molecule has 0 unspecified atom stereocenters. The number of ether oxygens (including phenoxy) is 2. The summed E-state index contributed by atoms with van der Waals surface area (Å²) in [7, 11) is 0. The van der Waals surface area contributed by atoms with Crippen molar-refractivity contribution in [2.24, 2.45) is 0 Å². The van der Waals surface area contributed by atoms with E-state index < -0.39 is 17.7 Å². The highest BCUT2D eigenvalue weighted by molar-refractivity contribution is 6.15. The number of hydrogen-bond acceptors (Lipinski definition) is 6. The number of amides is 1. The van der Waals surface area contributed by atoms with Crippen molar-refractivity contribution in [2.75, 3.05) is 16.8 Å². The van der Waals surface area contributed by atoms with E-state index in [9.17, 15) is 14.4 Å². The van der Waals surface area contributed by atoms with Crippen molar-refractivity contribution in [3.63, 3.8) is 0 Å². The fraction of sp³-hybridized carbons (Fsp3) is 0.389. The average Bonchev–Trinajstić information content (AvgIpc) is 2.91. The summed E-state index contributed by atoms with van der Waals surface area (Å²) in [5.41, 5.74) is 2.29. The summed E-state index contributed by atoms with van der Waals surface area (Å²) in [5.74, 6) is -2.60. The molecule has 1 aromatic carbocycles. The van der Waals surface area contributed by atoms with Gasteiger partial charge in [0.1, 0.15) is 0 Å². The van der Waals surface area contributed by atoms with E-state index in [1.807, 2.05) is 19.1 Å². The van der Waals surface area contributed by atoms with Crippen LogP contribution in [0.25, 0.3) is 0 Å². The normalized spacial score (nSPS) is 19.6. The molecule has 0 bridgehead atoms. The standard InChI is InChI=1S/C18H20N2O5/c1-11-9-12(6-7-14(11)20-8-4-5-15(20)21)19-10-13-16(22)24-18(2,3)25-17(13)23/h6-7,9-10,19H,4-5,8H2,1-3H3. The summed E-state index contributed by atoms with van der Waals surface area (Å²) in [6, 6.07) is 5.48. The number of nitrogens with one attached hydrogen (secondary N) is 1. The number of hydrogen-bond donors (Lipinski definition) is 1. The number of anilines is 2. The summed E-state index contributed by atoms with van der Waals surface area (Å²) in [6.45, 7) is 5.62. The van der Waals surface area contributed by atoms with Crippen LogP contribution in [0.5, 0.6) is 0 Å². The molecule has 0 atom stereocenters. The van der Waals surface area contributed by atoms with Crippen molar-refractivity contribution in [1.82, 2.24) is 0 Å². The van der Waals surface area contributed by atoms with E-state index in [4.69, 9.17) is 9.47 Å². The van der Waals surface area contributed by atoms with Crippen molar-refractivity contribution in [3.05, 3.63) is 35.5 Å². The number of aryl methyl sites for hydroxylation is 1. The molecule has 2 saturated heterocycles. The van der Waals surface area contributed by atoms with Gasteiger partial charge in [-0.1, -0.05) is 0 Å². The summed E-state index contributed by atoms with van der Waals surface area (Å²) in [4.78, 5) is 37.4. The highest BCUT2D eigenvalue weighted by Gasteiger charge is 2.38. The first-order chi connectivity index (χ1) is 11.8. The van der Waals surface area contributed by atoms with Crippen LogP contribution >= 0.6 is 0 Å². The van der Waals surface area contributed by atoms with Crippen molar-refractivity contribution < 1.29 is 23.9 Å². The Labute approximate surface area is 145 Å². The number of esters is 2. The van der Waals surface area contributed by atoms with Crippen LogP contribution in [0.15, 0.2) is 30.0 Å². The molecule has 0 saturated carbocycles. The number of carbonyl (C=O) groups excluding carboxylic acids is 3. The minimum absolute atomic E-state index is 0.126. The number of cyclic esters (lactones) is 2. The Balaban J connectivity index is 1.75. The predicted molar refractivity (Wildman–Crippen MR) is 90.7 cm³/mol. The SMILES string of the molecule is Cc1cc(NC=C2C(=O)OC(C)(C)OC2=O)ccc1N1CCCC1=O. The van der Waals surface area contributed by atoms with Gasteiger partial charge in [0.15, 0.2) is 5.57 Å². The lowest BCUT2D eigenvalue weighted by molar-refractivity contribution is -0.222. The Bertz CT molecular complexity index is 760. The molecule has 7 heteroatoms. The molecular formula is C18H20N2O5. The average molecular weight is 344 g/mol. The second kappa shape index (κ2) is 6.23. The van der Waals surface area contributed by atoms with Gasteiger partial charge < -0.3 is 19.7 Å². The lowest BCUT2D eigenvalue weighted by Gasteiger charge is -2.29. The van der Waals surface area contributed by atoms with Crippen molar-refractivity contribution in [1.29, 1.82) is 0 Å². The van der Waals surface area contributed by atoms with E-state index in [0.717, 1.165) is 24.2 Å². The molecule has 25 heavy (non-hydrogen) atoms. The zero-order valence-electron chi connectivity index (χ0n) is 14.4. The van der Waals surface area contributed by atoms with Crippen LogP contribution in [0.1, 0.15) is 32.3 Å². The minimum atomic E-state index is -1.26. The predicted octanol–water partition coefficient (Wildman–Crippen LogP) is 2.25. The number of nitrogens with zero attached hydrogens (tertiary/aromatic N) is 1. The lowest BCUT2D eigenvalue weighted by atomic mass is 10.1. The van der Waals surface area contributed by atoms with E-state index in [2.05, 4.69) is 5.32 Å². The van der Waals surface area contributed by atoms with Gasteiger partial charge in [0, 0.05) is 44.4 Å². The third-order valence-corrected chi connectivity index (χ3v) is 4.06. The molecule has 0 aromatic heterocycles. The molecule has 0 radical (unpaired) electrons. The van der Waals surface area contributed by atoms with Crippen LogP contribution in [-0.2, 0) is 23.9 Å². The van der Waals surface area contributed by atoms with Crippen LogP contribution in [-0.4, -0.2) is 30.2 Å². The molecule has 2 fully saturated rings. The fourth-order valence-electron chi connectivity index (χ4n) is 2.88. The zero-order chi connectivity index (χ0) is 18.2. The van der Waals surface area contributed by atoms with E-state index in [-0.39, 0.29) is 11.5 Å². The molecule has 2 heterocycles. The molecule has 7 nitrogen and oxygen atoms in total. The highest BCUT2D eigenvalue weighted by atomic mass is 16.7. The van der Waals surface area contributed by atoms with Crippen molar-refractivity contribution in [2.45, 2.75) is 39.4 Å². The number of carbonyl (C=O) groups is 3. The molecule has 0 spiro atoms. The topological polar surface area (TPSA) is 84.9 Å². The molecular weight excluding hydrogens is 324 g/mol. The molecule has 2 aliphatic heterocycles. The maximum Gasteiger partial charge on any atom is 0.350 e. The van der Waals surface area contributed by atoms with Gasteiger partial charge in [0.2, 0.25) is 5.91 Å². The molecule has 1 aromatic rings. The van der Waals surface area contributed by atoms with E-state index in [0.29, 0.717) is 12.1 Å². The van der Waals surface area contributed by atoms with Crippen LogP contribution in [0.4, 0.5) is 11.4 Å². The Hall–Kier alpha value is -2.83. The van der Waals surface area contributed by atoms with Crippen LogP contribution in [0, 0.1) is 6.92 Å². The molecule has 0 aliphatic carbocycles. The quantitative estimate of drug-likeness (QED) is 0.514. The third-order valence-electron chi connectivity index (χ3n) is 4.06. The van der Waals surface area contributed by atoms with Gasteiger partial charge in [0.25, 0.3) is 5.79 Å². The first-order valence-electron chi connectivity index (χ1n) is 8.11. The van der Waals surface area contributed by atoms with Gasteiger partial charge in [-0.05, 0) is 37.1 Å². The molecule has 1 amide bonds. The summed E-state index contributed by atoms with van der Waals surface area (Å²) >= 11 is 0. The summed E-state index contributed by atoms with van der Waals surface area (Å²) in [5, 5.41) is 2.91. The van der Waals surface area contributed by atoms with Gasteiger partial charge in [-0.2, -0.15) is 0 Å². The van der Waals surface area contributed by atoms with E-state index in [1.165, 1.54) is 20.0 Å². The minimum Gasteiger partial charge on any atom is -0.419 e. The zero-order valence-corrected chi connectivity index (χ0v) is 14.4. The smallest absolute Gasteiger partial charge is 0.350 e. The van der Waals surface area contributed by atoms with Crippen molar-refractivity contribution in [3.8, 4) is 0 Å². The van der Waals surface area contributed by atoms with Crippen LogP contribution in [0.2, 0.25) is 0 Å². The van der Waals surface area contributed by atoms with Gasteiger partial charge in [-0.15, -0.1) is 0 Å². The van der Waals surface area contributed by atoms with E-state index >= 15 is 0 Å². The Morgan fingerprint density at radius 1 is 1.16 bits per heavy atom. The monoisotopic (exact) mass is 344 g/mol. The molecule has 1 N–H and O–H groups in total. The van der Waals surface area contributed by atoms with Gasteiger partial charge >= 0.3 is 11.9 Å². The first kappa shape index (κ1) is 17.0. The molecule has 3 rings (SSSR count). The Morgan fingerprint density at radius 2 is 1.84 bits per heavy atom. The Kier molecular flexibility index (Phi) is 4.24. The van der Waals surface area contributed by atoms with Gasteiger partial charge in [-0.3, -0.25) is 4.79 Å². The third kappa shape index (κ3) is 3.50. The number of benzene rings is 1. The fourth-order valence-corrected chi connectivity index (χ4v) is 2.88. The maximum absolute atomic E-state index is 11.9. The van der Waals surface area contributed by atoms with Crippen LogP contribution < -0.4 is 10.2 Å². The molecule has 2 aliphatic rings. The van der Waals surface area contributed by atoms with E-state index in [1.54, 1.807) is 11.0 Å². The van der Waals surface area contributed by atoms with Gasteiger partial charge in [0.05, 0.1) is 0 Å². The lowest BCUT2D eigenvalue weighted by Crippen LogP contribution is -2.42. The summed E-state index contributed by atoms with van der Waals surface area (Å²) < 4.78 is 10.1. The number of rotatable bonds is 3. The second-order valence-corrected chi connectivity index (χ2v) is 6.53. The highest BCUT2D eigenvalue weighted by Crippen LogP contribution is 2.28. The largest absolute Gasteiger partial charge is 0.419 e. The molecule has 132 valence electrons. The maximum atomic E-state index is 11.9. The summed E-state index contributed by atoms with van der Waals surface area (Å²) in [6.07, 6.45) is 2.71. The Morgan fingerprint density at radius 3 is 2.40 bits per heavy atom.